The molecule has 4 aliphatic rings. The highest BCUT2D eigenvalue weighted by Gasteiger charge is 2.47. The van der Waals surface area contributed by atoms with Crippen molar-refractivity contribution < 1.29 is 4.58 Å². The SMILES string of the molecule is CC1CCC(C[N+]2=C3NC[C@H](C)N3C[C@@H]2C2CCCCC2)CC1. The molecule has 2 aliphatic carbocycles. The molecule has 3 nitrogen and oxygen atoms in total. The van der Waals surface area contributed by atoms with Gasteiger partial charge in [0, 0.05) is 0 Å². The zero-order valence-corrected chi connectivity index (χ0v) is 15.3. The summed E-state index contributed by atoms with van der Waals surface area (Å²) < 4.78 is 2.83. The summed E-state index contributed by atoms with van der Waals surface area (Å²) in [6.07, 6.45) is 13.2. The molecule has 130 valence electrons. The third-order valence-corrected chi connectivity index (χ3v) is 7.20. The van der Waals surface area contributed by atoms with Crippen LogP contribution in [0.1, 0.15) is 71.6 Å². The molecular formula is C20H36N3+. The number of nitrogens with one attached hydrogen (secondary N) is 1. The molecule has 2 atom stereocenters. The Labute approximate surface area is 142 Å². The first-order chi connectivity index (χ1) is 11.2. The van der Waals surface area contributed by atoms with Crippen LogP contribution in [0, 0.1) is 17.8 Å². The fourth-order valence-electron chi connectivity index (χ4n) is 5.58. The summed E-state index contributed by atoms with van der Waals surface area (Å²) in [5, 5.41) is 3.75. The van der Waals surface area contributed by atoms with E-state index in [4.69, 9.17) is 0 Å². The summed E-state index contributed by atoms with van der Waals surface area (Å²) in [5.74, 6) is 4.33. The lowest BCUT2D eigenvalue weighted by atomic mass is 9.81. The van der Waals surface area contributed by atoms with Crippen LogP contribution in [0.3, 0.4) is 0 Å². The van der Waals surface area contributed by atoms with E-state index in [9.17, 15) is 0 Å². The van der Waals surface area contributed by atoms with Crippen molar-refractivity contribution in [3.63, 3.8) is 0 Å². The zero-order valence-electron chi connectivity index (χ0n) is 15.3. The third kappa shape index (κ3) is 3.13. The van der Waals surface area contributed by atoms with Gasteiger partial charge in [0.2, 0.25) is 0 Å². The largest absolute Gasteiger partial charge is 0.349 e. The molecule has 2 saturated carbocycles. The molecule has 23 heavy (non-hydrogen) atoms. The van der Waals surface area contributed by atoms with Gasteiger partial charge in [-0.15, -0.1) is 0 Å². The summed E-state index contributed by atoms with van der Waals surface area (Å²) >= 11 is 0. The number of hydrogen-bond donors (Lipinski definition) is 1. The van der Waals surface area contributed by atoms with Crippen LogP contribution >= 0.6 is 0 Å². The summed E-state index contributed by atoms with van der Waals surface area (Å²) in [6.45, 7) is 8.58. The van der Waals surface area contributed by atoms with Crippen molar-refractivity contribution in [3.8, 4) is 0 Å². The van der Waals surface area contributed by atoms with E-state index in [-0.39, 0.29) is 0 Å². The molecule has 4 rings (SSSR count). The summed E-state index contributed by atoms with van der Waals surface area (Å²) in [4.78, 5) is 2.69. The lowest BCUT2D eigenvalue weighted by Gasteiger charge is -2.31. The second-order valence-corrected chi connectivity index (χ2v) is 8.95. The molecule has 1 saturated heterocycles. The minimum Gasteiger partial charge on any atom is -0.274 e. The fraction of sp³-hybridized carbons (Fsp3) is 0.950. The minimum absolute atomic E-state index is 0.687. The lowest BCUT2D eigenvalue weighted by molar-refractivity contribution is -0.573. The van der Waals surface area contributed by atoms with Crippen LogP contribution < -0.4 is 5.32 Å². The van der Waals surface area contributed by atoms with Gasteiger partial charge in [-0.25, -0.2) is 0 Å². The van der Waals surface area contributed by atoms with Gasteiger partial charge in [0.1, 0.15) is 18.6 Å². The van der Waals surface area contributed by atoms with Gasteiger partial charge in [-0.3, -0.25) is 14.8 Å². The van der Waals surface area contributed by atoms with Crippen LogP contribution in [0.25, 0.3) is 0 Å². The van der Waals surface area contributed by atoms with E-state index in [1.165, 1.54) is 76.8 Å². The maximum absolute atomic E-state index is 3.75. The first-order valence-electron chi connectivity index (χ1n) is 10.4. The second kappa shape index (κ2) is 6.64. The molecule has 0 unspecified atom stereocenters. The van der Waals surface area contributed by atoms with Gasteiger partial charge in [-0.05, 0) is 50.4 Å². The van der Waals surface area contributed by atoms with E-state index < -0.39 is 0 Å². The van der Waals surface area contributed by atoms with Crippen molar-refractivity contribution in [1.82, 2.24) is 10.2 Å². The van der Waals surface area contributed by atoms with Gasteiger partial charge in [0.05, 0.1) is 13.1 Å². The topological polar surface area (TPSA) is 18.3 Å². The molecule has 1 N–H and O–H groups in total. The van der Waals surface area contributed by atoms with Crippen molar-refractivity contribution >= 4 is 5.96 Å². The van der Waals surface area contributed by atoms with Crippen molar-refractivity contribution in [1.29, 1.82) is 0 Å². The molecule has 0 amide bonds. The molecular weight excluding hydrogens is 282 g/mol. The zero-order chi connectivity index (χ0) is 15.8. The molecule has 3 heteroatoms. The highest BCUT2D eigenvalue weighted by molar-refractivity contribution is 5.78. The average molecular weight is 319 g/mol. The van der Waals surface area contributed by atoms with Crippen LogP contribution in [-0.2, 0) is 0 Å². The Bertz CT molecular complexity index is 444. The van der Waals surface area contributed by atoms with Crippen molar-refractivity contribution in [2.45, 2.75) is 83.7 Å². The van der Waals surface area contributed by atoms with Gasteiger partial charge in [-0.1, -0.05) is 39.0 Å². The van der Waals surface area contributed by atoms with Crippen molar-refractivity contribution in [3.05, 3.63) is 0 Å². The second-order valence-electron chi connectivity index (χ2n) is 8.95. The van der Waals surface area contributed by atoms with Crippen LogP contribution in [0.15, 0.2) is 0 Å². The molecule has 0 aromatic heterocycles. The van der Waals surface area contributed by atoms with E-state index in [0.717, 1.165) is 30.3 Å². The molecule has 3 fully saturated rings. The Kier molecular flexibility index (Phi) is 4.56. The molecule has 0 bridgehead atoms. The predicted molar refractivity (Wildman–Crippen MR) is 95.8 cm³/mol. The van der Waals surface area contributed by atoms with Gasteiger partial charge < -0.3 is 0 Å². The summed E-state index contributed by atoms with van der Waals surface area (Å²) in [5.41, 5.74) is 0. The fourth-order valence-corrected chi connectivity index (χ4v) is 5.58. The Balaban J connectivity index is 1.51. The number of rotatable bonds is 3. The van der Waals surface area contributed by atoms with E-state index in [0.29, 0.717) is 6.04 Å². The smallest absolute Gasteiger partial charge is 0.274 e. The van der Waals surface area contributed by atoms with Crippen LogP contribution in [0.2, 0.25) is 0 Å². The number of fused-ring (bicyclic) bond motifs is 1. The molecule has 0 radical (unpaired) electrons. The predicted octanol–water partition coefficient (Wildman–Crippen LogP) is 3.44. The highest BCUT2D eigenvalue weighted by atomic mass is 15.5. The average Bonchev–Trinajstić information content (AvgIpc) is 3.11. The van der Waals surface area contributed by atoms with Crippen molar-refractivity contribution in [2.75, 3.05) is 19.6 Å². The van der Waals surface area contributed by atoms with Gasteiger partial charge >= 0.3 is 5.96 Å². The van der Waals surface area contributed by atoms with Crippen LogP contribution in [0.4, 0.5) is 0 Å². The Morgan fingerprint density at radius 3 is 2.48 bits per heavy atom. The van der Waals surface area contributed by atoms with E-state index in [2.05, 4.69) is 28.6 Å². The quantitative estimate of drug-likeness (QED) is 0.804. The van der Waals surface area contributed by atoms with Gasteiger partial charge in [-0.2, -0.15) is 0 Å². The van der Waals surface area contributed by atoms with Crippen molar-refractivity contribution in [2.24, 2.45) is 17.8 Å². The normalized spacial score (nSPS) is 38.8. The maximum atomic E-state index is 3.75. The number of hydrogen-bond acceptors (Lipinski definition) is 2. The molecule has 2 heterocycles. The Hall–Kier alpha value is -0.730. The summed E-state index contributed by atoms with van der Waals surface area (Å²) in [7, 11) is 0. The Morgan fingerprint density at radius 2 is 1.74 bits per heavy atom. The van der Waals surface area contributed by atoms with E-state index in [1.807, 2.05) is 0 Å². The standard InChI is InChI=1S/C20H35N3/c1-15-8-10-17(11-9-15)13-23-19(18-6-4-3-5-7-18)14-22-16(2)12-21-20(22)23/h15-19H,3-14H2,1-2H3/p+1/t15?,16-,17?,19+/m0/s1. The first-order valence-corrected chi connectivity index (χ1v) is 10.4. The van der Waals surface area contributed by atoms with E-state index in [1.54, 1.807) is 0 Å². The van der Waals surface area contributed by atoms with Gasteiger partial charge in [0.25, 0.3) is 0 Å². The first kappa shape index (κ1) is 15.8. The van der Waals surface area contributed by atoms with E-state index >= 15 is 0 Å². The number of nitrogens with zero attached hydrogens (tertiary/aromatic N) is 2. The highest BCUT2D eigenvalue weighted by Crippen LogP contribution is 2.34. The van der Waals surface area contributed by atoms with Gasteiger partial charge in [0.15, 0.2) is 0 Å². The Morgan fingerprint density at radius 1 is 1.00 bits per heavy atom. The van der Waals surface area contributed by atoms with Crippen LogP contribution in [-0.4, -0.2) is 47.2 Å². The molecule has 2 aliphatic heterocycles. The molecule has 0 spiro atoms. The maximum Gasteiger partial charge on any atom is 0.349 e. The molecule has 0 aromatic rings. The lowest BCUT2D eigenvalue weighted by Crippen LogP contribution is -2.41. The minimum atomic E-state index is 0.687. The number of guanidine groups is 1. The monoisotopic (exact) mass is 318 g/mol. The third-order valence-electron chi connectivity index (χ3n) is 7.20. The molecule has 0 aromatic carbocycles. The van der Waals surface area contributed by atoms with Crippen LogP contribution in [0.5, 0.6) is 0 Å². The summed E-state index contributed by atoms with van der Waals surface area (Å²) in [6, 6.07) is 1.48.